The smallest absolute Gasteiger partial charge is 0.283 e. The molecule has 3 aromatic rings. The third-order valence-corrected chi connectivity index (χ3v) is 6.33. The van der Waals surface area contributed by atoms with E-state index in [-0.39, 0.29) is 5.91 Å². The van der Waals surface area contributed by atoms with Gasteiger partial charge in [-0.3, -0.25) is 4.79 Å². The minimum Gasteiger partial charge on any atom is -0.493 e. The lowest BCUT2D eigenvalue weighted by Gasteiger charge is -2.18. The van der Waals surface area contributed by atoms with Crippen LogP contribution in [0.15, 0.2) is 35.3 Å². The van der Waals surface area contributed by atoms with Crippen LogP contribution >= 0.6 is 23.1 Å². The van der Waals surface area contributed by atoms with Crippen LogP contribution in [0, 0.1) is 0 Å². The van der Waals surface area contributed by atoms with Crippen molar-refractivity contribution in [3.05, 3.63) is 40.7 Å². The molecular formula is C21H22N2O5S2. The van der Waals surface area contributed by atoms with Gasteiger partial charge in [-0.05, 0) is 18.4 Å². The Morgan fingerprint density at radius 2 is 1.97 bits per heavy atom. The van der Waals surface area contributed by atoms with Gasteiger partial charge in [0.1, 0.15) is 13.2 Å². The fourth-order valence-corrected chi connectivity index (χ4v) is 4.72. The number of thiazole rings is 1. The summed E-state index contributed by atoms with van der Waals surface area (Å²) in [5.74, 6) is 2.82. The number of benzene rings is 2. The first-order valence-electron chi connectivity index (χ1n) is 9.38. The van der Waals surface area contributed by atoms with E-state index >= 15 is 0 Å². The van der Waals surface area contributed by atoms with Crippen LogP contribution in [0.1, 0.15) is 10.4 Å². The lowest BCUT2D eigenvalue weighted by atomic mass is 10.2. The minimum absolute atomic E-state index is 0.358. The highest BCUT2D eigenvalue weighted by molar-refractivity contribution is 7.98. The summed E-state index contributed by atoms with van der Waals surface area (Å²) >= 11 is 3.19. The Bertz CT molecular complexity index is 1150. The van der Waals surface area contributed by atoms with E-state index in [9.17, 15) is 4.79 Å². The molecule has 4 rings (SSSR count). The lowest BCUT2D eigenvalue weighted by Crippen LogP contribution is -2.19. The Balaban J connectivity index is 1.85. The van der Waals surface area contributed by atoms with Crippen LogP contribution in [-0.4, -0.2) is 49.9 Å². The normalized spacial score (nSPS) is 13.5. The fraction of sp³-hybridized carbons (Fsp3) is 0.333. The first-order chi connectivity index (χ1) is 14.7. The number of aryl methyl sites for hydroxylation is 1. The van der Waals surface area contributed by atoms with Gasteiger partial charge in [0, 0.05) is 24.4 Å². The van der Waals surface area contributed by atoms with Gasteiger partial charge in [0.05, 0.1) is 30.0 Å². The lowest BCUT2D eigenvalue weighted by molar-refractivity contribution is 0.0994. The molecule has 1 aliphatic rings. The van der Waals surface area contributed by atoms with Gasteiger partial charge in [-0.2, -0.15) is 16.8 Å². The number of carbonyl (C=O) groups is 1. The van der Waals surface area contributed by atoms with Gasteiger partial charge in [-0.1, -0.05) is 17.4 Å². The van der Waals surface area contributed by atoms with Crippen LogP contribution in [0.25, 0.3) is 10.2 Å². The molecule has 0 spiro atoms. The maximum absolute atomic E-state index is 13.1. The van der Waals surface area contributed by atoms with E-state index in [2.05, 4.69) is 15.8 Å². The second-order valence-corrected chi connectivity index (χ2v) is 8.45. The quantitative estimate of drug-likeness (QED) is 0.576. The Labute approximate surface area is 182 Å². The zero-order chi connectivity index (χ0) is 21.1. The number of fused-ring (bicyclic) bond motifs is 2. The standard InChI is InChI=1S/C21H22N2O5S2/c1-25-15-6-4-5-13(19(15)26-2)20(24)22-21-23(7-10-29-3)14-11-16-17(12-18(14)30-21)28-9-8-27-16/h4-6,11-12H,7-10H2,1-3H3. The highest BCUT2D eigenvalue weighted by Gasteiger charge is 2.19. The summed E-state index contributed by atoms with van der Waals surface area (Å²) in [4.78, 5) is 18.1. The summed E-state index contributed by atoms with van der Waals surface area (Å²) < 4.78 is 25.2. The number of carbonyl (C=O) groups excluding carboxylic acids is 1. The van der Waals surface area contributed by atoms with E-state index in [0.29, 0.717) is 35.1 Å². The van der Waals surface area contributed by atoms with Crippen LogP contribution in [0.5, 0.6) is 23.0 Å². The number of amides is 1. The molecule has 0 bridgehead atoms. The van der Waals surface area contributed by atoms with Crippen LogP contribution in [0.3, 0.4) is 0 Å². The van der Waals surface area contributed by atoms with Crippen molar-refractivity contribution in [3.63, 3.8) is 0 Å². The number of aromatic nitrogens is 1. The van der Waals surface area contributed by atoms with Gasteiger partial charge in [-0.15, -0.1) is 0 Å². The van der Waals surface area contributed by atoms with Crippen molar-refractivity contribution < 1.29 is 23.7 Å². The van der Waals surface area contributed by atoms with Gasteiger partial charge in [0.2, 0.25) is 0 Å². The maximum Gasteiger partial charge on any atom is 0.283 e. The largest absolute Gasteiger partial charge is 0.493 e. The maximum atomic E-state index is 13.1. The molecule has 30 heavy (non-hydrogen) atoms. The number of hydrogen-bond donors (Lipinski definition) is 0. The summed E-state index contributed by atoms with van der Waals surface area (Å²) in [6, 6.07) is 9.11. The van der Waals surface area contributed by atoms with Crippen molar-refractivity contribution in [2.45, 2.75) is 6.54 Å². The number of nitrogens with zero attached hydrogens (tertiary/aromatic N) is 2. The number of ether oxygens (including phenoxy) is 4. The first-order valence-corrected chi connectivity index (χ1v) is 11.6. The SMILES string of the molecule is COc1cccc(C(=O)N=c2sc3cc4c(cc3n2CCSC)OCCO4)c1OC. The van der Waals surface area contributed by atoms with Crippen LogP contribution in [-0.2, 0) is 6.54 Å². The predicted octanol–water partition coefficient (Wildman–Crippen LogP) is 3.60. The Kier molecular flexibility index (Phi) is 6.19. The van der Waals surface area contributed by atoms with E-state index in [4.69, 9.17) is 18.9 Å². The third-order valence-electron chi connectivity index (χ3n) is 4.70. The van der Waals surface area contributed by atoms with Crippen LogP contribution in [0.4, 0.5) is 0 Å². The van der Waals surface area contributed by atoms with Crippen molar-refractivity contribution in [2.75, 3.05) is 39.4 Å². The topological polar surface area (TPSA) is 71.3 Å². The Hall–Kier alpha value is -2.65. The molecule has 0 aliphatic carbocycles. The third kappa shape index (κ3) is 3.87. The summed E-state index contributed by atoms with van der Waals surface area (Å²) in [6.45, 7) is 1.78. The van der Waals surface area contributed by atoms with Crippen molar-refractivity contribution in [3.8, 4) is 23.0 Å². The highest BCUT2D eigenvalue weighted by Crippen LogP contribution is 2.36. The summed E-state index contributed by atoms with van der Waals surface area (Å²) in [6.07, 6.45) is 2.05. The molecule has 1 aliphatic heterocycles. The molecule has 0 unspecified atom stereocenters. The van der Waals surface area contributed by atoms with Crippen LogP contribution in [0.2, 0.25) is 0 Å². The zero-order valence-electron chi connectivity index (χ0n) is 17.0. The van der Waals surface area contributed by atoms with Gasteiger partial charge in [-0.25, -0.2) is 0 Å². The molecule has 7 nitrogen and oxygen atoms in total. The molecule has 0 saturated heterocycles. The number of thioether (sulfide) groups is 1. The Morgan fingerprint density at radius 3 is 2.67 bits per heavy atom. The molecule has 2 aromatic carbocycles. The van der Waals surface area contributed by atoms with Gasteiger partial charge in [0.15, 0.2) is 27.8 Å². The summed E-state index contributed by atoms with van der Waals surface area (Å²) in [7, 11) is 3.05. The first kappa shape index (κ1) is 20.6. The number of hydrogen-bond acceptors (Lipinski definition) is 7. The molecule has 158 valence electrons. The average molecular weight is 447 g/mol. The molecule has 0 fully saturated rings. The molecule has 1 amide bonds. The van der Waals surface area contributed by atoms with Crippen molar-refractivity contribution in [1.29, 1.82) is 0 Å². The molecule has 0 saturated carbocycles. The van der Waals surface area contributed by atoms with Crippen LogP contribution < -0.4 is 23.7 Å². The molecular weight excluding hydrogens is 424 g/mol. The van der Waals surface area contributed by atoms with Crippen molar-refractivity contribution >= 4 is 39.2 Å². The molecule has 2 heterocycles. The monoisotopic (exact) mass is 446 g/mol. The Morgan fingerprint density at radius 1 is 1.20 bits per heavy atom. The van der Waals surface area contributed by atoms with Crippen molar-refractivity contribution in [2.24, 2.45) is 4.99 Å². The molecule has 0 N–H and O–H groups in total. The molecule has 0 radical (unpaired) electrons. The molecule has 0 atom stereocenters. The predicted molar refractivity (Wildman–Crippen MR) is 119 cm³/mol. The summed E-state index contributed by atoms with van der Waals surface area (Å²) in [5.41, 5.74) is 1.33. The average Bonchev–Trinajstić information content (AvgIpc) is 3.10. The molecule has 9 heteroatoms. The van der Waals surface area contributed by atoms with E-state index in [1.54, 1.807) is 30.0 Å². The zero-order valence-corrected chi connectivity index (χ0v) is 18.6. The van der Waals surface area contributed by atoms with Gasteiger partial charge >= 0.3 is 0 Å². The second-order valence-electron chi connectivity index (χ2n) is 6.45. The number of rotatable bonds is 6. The number of methoxy groups -OCH3 is 2. The van der Waals surface area contributed by atoms with Crippen molar-refractivity contribution in [1.82, 2.24) is 4.57 Å². The second kappa shape index (κ2) is 9.01. The highest BCUT2D eigenvalue weighted by atomic mass is 32.2. The molecule has 1 aromatic heterocycles. The van der Waals surface area contributed by atoms with Gasteiger partial charge in [0.25, 0.3) is 5.91 Å². The number of para-hydroxylation sites is 1. The summed E-state index contributed by atoms with van der Waals surface area (Å²) in [5, 5.41) is 0. The van der Waals surface area contributed by atoms with Gasteiger partial charge < -0.3 is 23.5 Å². The van der Waals surface area contributed by atoms with E-state index in [1.165, 1.54) is 25.6 Å². The van der Waals surface area contributed by atoms with E-state index in [0.717, 1.165) is 34.0 Å². The fourth-order valence-electron chi connectivity index (χ4n) is 3.29. The van der Waals surface area contributed by atoms with E-state index in [1.807, 2.05) is 12.1 Å². The minimum atomic E-state index is -0.382. The van der Waals surface area contributed by atoms with E-state index < -0.39 is 0 Å².